The van der Waals surface area contributed by atoms with Crippen LogP contribution >= 0.6 is 0 Å². The van der Waals surface area contributed by atoms with E-state index in [2.05, 4.69) is 236 Å². The summed E-state index contributed by atoms with van der Waals surface area (Å²) in [5.41, 5.74) is 14.6. The van der Waals surface area contributed by atoms with Gasteiger partial charge in [0, 0.05) is 24.0 Å². The highest BCUT2D eigenvalue weighted by atomic mass is 15.1. The SMILES string of the molecule is CN1c2ccc(-c3cc4ccccc4c4ccccc34)cc2C(c2cccc(C3C=C(c4ccccc4)C=C(c4ccccc4)N3)c2)=CC1c1ccc2ccccc2c1. The van der Waals surface area contributed by atoms with E-state index in [1.54, 1.807) is 0 Å². The van der Waals surface area contributed by atoms with E-state index in [4.69, 9.17) is 0 Å². The lowest BCUT2D eigenvalue weighted by Crippen LogP contribution is -2.27. The van der Waals surface area contributed by atoms with Gasteiger partial charge in [0.1, 0.15) is 0 Å². The van der Waals surface area contributed by atoms with Crippen LogP contribution < -0.4 is 10.2 Å². The van der Waals surface area contributed by atoms with Crippen LogP contribution in [-0.2, 0) is 0 Å². The molecule has 2 heterocycles. The van der Waals surface area contributed by atoms with Crippen LogP contribution in [0.3, 0.4) is 0 Å². The topological polar surface area (TPSA) is 15.3 Å². The van der Waals surface area contributed by atoms with Gasteiger partial charge in [-0.2, -0.15) is 0 Å². The lowest BCUT2D eigenvalue weighted by molar-refractivity contribution is 0.766. The van der Waals surface area contributed by atoms with Gasteiger partial charge in [-0.3, -0.25) is 0 Å². The summed E-state index contributed by atoms with van der Waals surface area (Å²) in [6, 6.07) is 73.2. The average molecular weight is 755 g/mol. The first-order valence-corrected chi connectivity index (χ1v) is 20.5. The molecule has 2 nitrogen and oxygen atoms in total. The van der Waals surface area contributed by atoms with E-state index in [9.17, 15) is 0 Å². The zero-order chi connectivity index (χ0) is 39.3. The molecule has 0 radical (unpaired) electrons. The number of anilines is 1. The average Bonchev–Trinajstić information content (AvgIpc) is 3.31. The second-order valence-electron chi connectivity index (χ2n) is 15.8. The van der Waals surface area contributed by atoms with Crippen LogP contribution in [0.2, 0.25) is 0 Å². The van der Waals surface area contributed by atoms with Crippen molar-refractivity contribution in [3.8, 4) is 11.1 Å². The minimum atomic E-state index is -0.0247. The molecular formula is C57H42N2. The molecule has 0 aromatic heterocycles. The van der Waals surface area contributed by atoms with Crippen molar-refractivity contribution in [2.75, 3.05) is 11.9 Å². The highest BCUT2D eigenvalue weighted by Crippen LogP contribution is 2.46. The molecular weight excluding hydrogens is 713 g/mol. The quantitative estimate of drug-likeness (QED) is 0.170. The zero-order valence-electron chi connectivity index (χ0n) is 32.9. The van der Waals surface area contributed by atoms with Crippen molar-refractivity contribution in [1.82, 2.24) is 5.32 Å². The molecule has 0 saturated heterocycles. The third-order valence-corrected chi connectivity index (χ3v) is 12.3. The Labute approximate surface area is 345 Å². The van der Waals surface area contributed by atoms with Crippen LogP contribution in [0.25, 0.3) is 60.3 Å². The van der Waals surface area contributed by atoms with E-state index in [1.165, 1.54) is 93.7 Å². The summed E-state index contributed by atoms with van der Waals surface area (Å²) in [5.74, 6) is 0. The van der Waals surface area contributed by atoms with Gasteiger partial charge in [0.05, 0.1) is 12.1 Å². The minimum absolute atomic E-state index is 0.0247. The predicted molar refractivity (Wildman–Crippen MR) is 250 cm³/mol. The molecule has 0 amide bonds. The standard InChI is InChI=1S/C57H42N2/c1-59-56-30-29-44(51-33-43-21-10-11-24-48(43)49-25-12-13-26-50(49)51)34-53(56)52(37-57(59)46-28-27-39-17-8-9-20-41(39)31-46)42-22-14-23-45(32-42)55-36-47(38-15-4-2-5-16-38)35-54(58-55)40-18-6-3-7-19-40/h2-37,55,57-58H,1H3. The first-order valence-electron chi connectivity index (χ1n) is 20.5. The van der Waals surface area contributed by atoms with Crippen molar-refractivity contribution in [2.24, 2.45) is 0 Å². The van der Waals surface area contributed by atoms with Crippen LogP contribution in [-0.4, -0.2) is 7.05 Å². The Balaban J connectivity index is 1.07. The van der Waals surface area contributed by atoms with Gasteiger partial charge >= 0.3 is 0 Å². The number of hydrogen-bond donors (Lipinski definition) is 1. The molecule has 0 fully saturated rings. The maximum atomic E-state index is 3.91. The Bertz CT molecular complexity index is 3150. The van der Waals surface area contributed by atoms with Crippen molar-refractivity contribution >= 4 is 54.8 Å². The minimum Gasteiger partial charge on any atom is -0.374 e. The molecule has 2 unspecified atom stereocenters. The molecule has 2 atom stereocenters. The molecule has 59 heavy (non-hydrogen) atoms. The summed E-state index contributed by atoms with van der Waals surface area (Å²) in [4.78, 5) is 2.45. The molecule has 2 aliphatic rings. The molecule has 2 aliphatic heterocycles. The summed E-state index contributed by atoms with van der Waals surface area (Å²) in [5, 5.41) is 11.5. The Morgan fingerprint density at radius 1 is 0.424 bits per heavy atom. The van der Waals surface area contributed by atoms with Gasteiger partial charge in [-0.25, -0.2) is 0 Å². The number of fused-ring (bicyclic) bond motifs is 5. The predicted octanol–water partition coefficient (Wildman–Crippen LogP) is 14.2. The fourth-order valence-corrected chi connectivity index (χ4v) is 9.30. The van der Waals surface area contributed by atoms with Crippen LogP contribution in [0.5, 0.6) is 0 Å². The molecule has 9 aromatic rings. The van der Waals surface area contributed by atoms with Gasteiger partial charge in [-0.15, -0.1) is 0 Å². The van der Waals surface area contributed by atoms with Crippen LogP contribution in [0.15, 0.2) is 218 Å². The number of benzene rings is 9. The number of rotatable bonds is 6. The first-order chi connectivity index (χ1) is 29.1. The smallest absolute Gasteiger partial charge is 0.0733 e. The van der Waals surface area contributed by atoms with Crippen molar-refractivity contribution in [2.45, 2.75) is 12.1 Å². The summed E-state index contributed by atoms with van der Waals surface area (Å²) in [7, 11) is 2.24. The lowest BCUT2D eigenvalue weighted by Gasteiger charge is -2.36. The van der Waals surface area contributed by atoms with Crippen LogP contribution in [0.1, 0.15) is 45.5 Å². The first kappa shape index (κ1) is 34.8. The van der Waals surface area contributed by atoms with Gasteiger partial charge in [-0.1, -0.05) is 170 Å². The van der Waals surface area contributed by atoms with Gasteiger partial charge in [-0.05, 0) is 131 Å². The highest BCUT2D eigenvalue weighted by molar-refractivity contribution is 6.14. The van der Waals surface area contributed by atoms with E-state index < -0.39 is 0 Å². The Hall–Kier alpha value is -7.42. The molecule has 1 N–H and O–H groups in total. The maximum absolute atomic E-state index is 3.91. The monoisotopic (exact) mass is 754 g/mol. The Morgan fingerprint density at radius 2 is 1.10 bits per heavy atom. The molecule has 9 aromatic carbocycles. The largest absolute Gasteiger partial charge is 0.374 e. The fraction of sp³-hybridized carbons (Fsp3) is 0.0526. The van der Waals surface area contributed by atoms with Crippen molar-refractivity contribution in [1.29, 1.82) is 0 Å². The normalized spacial score (nSPS) is 16.3. The van der Waals surface area contributed by atoms with E-state index in [0.29, 0.717) is 0 Å². The van der Waals surface area contributed by atoms with E-state index in [0.717, 1.165) is 5.70 Å². The summed E-state index contributed by atoms with van der Waals surface area (Å²) >= 11 is 0. The van der Waals surface area contributed by atoms with E-state index in [-0.39, 0.29) is 12.1 Å². The van der Waals surface area contributed by atoms with E-state index in [1.807, 2.05) is 0 Å². The van der Waals surface area contributed by atoms with Crippen molar-refractivity contribution in [3.05, 3.63) is 252 Å². The van der Waals surface area contributed by atoms with Crippen molar-refractivity contribution in [3.63, 3.8) is 0 Å². The van der Waals surface area contributed by atoms with Crippen molar-refractivity contribution < 1.29 is 0 Å². The molecule has 11 rings (SSSR count). The molecule has 280 valence electrons. The molecule has 0 spiro atoms. The van der Waals surface area contributed by atoms with Gasteiger partial charge in [0.15, 0.2) is 0 Å². The third-order valence-electron chi connectivity index (χ3n) is 12.3. The summed E-state index contributed by atoms with van der Waals surface area (Å²) in [6.45, 7) is 0. The molecule has 0 saturated carbocycles. The molecule has 0 aliphatic carbocycles. The molecule has 2 heteroatoms. The second-order valence-corrected chi connectivity index (χ2v) is 15.8. The van der Waals surface area contributed by atoms with Gasteiger partial charge < -0.3 is 10.2 Å². The maximum Gasteiger partial charge on any atom is 0.0733 e. The molecule has 0 bridgehead atoms. The van der Waals surface area contributed by atoms with Crippen LogP contribution in [0, 0.1) is 0 Å². The summed E-state index contributed by atoms with van der Waals surface area (Å²) < 4.78 is 0. The number of hydrogen-bond acceptors (Lipinski definition) is 2. The van der Waals surface area contributed by atoms with E-state index >= 15 is 0 Å². The summed E-state index contributed by atoms with van der Waals surface area (Å²) in [6.07, 6.45) is 7.15. The van der Waals surface area contributed by atoms with Gasteiger partial charge in [0.2, 0.25) is 0 Å². The Kier molecular flexibility index (Phi) is 8.56. The lowest BCUT2D eigenvalue weighted by atomic mass is 9.84. The Morgan fingerprint density at radius 3 is 1.92 bits per heavy atom. The van der Waals surface area contributed by atoms with Crippen LogP contribution in [0.4, 0.5) is 5.69 Å². The number of allylic oxidation sites excluding steroid dienone is 2. The zero-order valence-corrected chi connectivity index (χ0v) is 32.9. The number of nitrogens with one attached hydrogen (secondary N) is 1. The fourth-order valence-electron chi connectivity index (χ4n) is 9.30. The second kappa shape index (κ2) is 14.5. The van der Waals surface area contributed by atoms with Gasteiger partial charge in [0.25, 0.3) is 0 Å². The highest BCUT2D eigenvalue weighted by Gasteiger charge is 2.28. The number of dihydropyridines is 1. The number of nitrogens with zero attached hydrogens (tertiary/aromatic N) is 1. The number of likely N-dealkylation sites (N-methyl/N-ethyl adjacent to an activating group) is 1. The third kappa shape index (κ3) is 6.31.